The van der Waals surface area contributed by atoms with Gasteiger partial charge in [-0.05, 0) is 67.1 Å². The van der Waals surface area contributed by atoms with E-state index >= 15 is 0 Å². The van der Waals surface area contributed by atoms with Gasteiger partial charge in [-0.15, -0.1) is 0 Å². The van der Waals surface area contributed by atoms with Crippen LogP contribution in [0.4, 0.5) is 5.69 Å². The number of fused-ring (bicyclic) bond motifs is 1. The van der Waals surface area contributed by atoms with Crippen LogP contribution in [-0.2, 0) is 32.7 Å². The molecule has 0 atom stereocenters. The molecule has 0 heterocycles. The van der Waals surface area contributed by atoms with Crippen molar-refractivity contribution in [2.24, 2.45) is 0 Å². The second-order valence-corrected chi connectivity index (χ2v) is 9.74. The van der Waals surface area contributed by atoms with Crippen molar-refractivity contribution in [3.63, 3.8) is 0 Å². The summed E-state index contributed by atoms with van der Waals surface area (Å²) in [4.78, 5) is 0.279. The molecule has 0 aliphatic heterocycles. The molecule has 2 aromatic rings. The number of hydrogen-bond donors (Lipinski definition) is 1. The minimum atomic E-state index is -3.75. The van der Waals surface area contributed by atoms with Crippen LogP contribution in [0.5, 0.6) is 0 Å². The zero-order valence-electron chi connectivity index (χ0n) is 13.3. The number of hydrogen-bond acceptors (Lipinski definition) is 4. The first-order valence-corrected chi connectivity index (χ1v) is 11.1. The molecule has 7 heteroatoms. The van der Waals surface area contributed by atoms with Crippen molar-refractivity contribution in [3.05, 3.63) is 53.6 Å². The maximum absolute atomic E-state index is 12.6. The quantitative estimate of drug-likeness (QED) is 0.903. The van der Waals surface area contributed by atoms with Gasteiger partial charge < -0.3 is 0 Å². The second kappa shape index (κ2) is 6.22. The molecule has 1 aliphatic carbocycles. The summed E-state index contributed by atoms with van der Waals surface area (Å²) in [5.74, 6) is 0. The summed E-state index contributed by atoms with van der Waals surface area (Å²) in [6.45, 7) is 0. The van der Waals surface area contributed by atoms with Crippen LogP contribution in [0.25, 0.3) is 0 Å². The molecule has 1 aliphatic rings. The molecule has 0 bridgehead atoms. The molecule has 0 amide bonds. The lowest BCUT2D eigenvalue weighted by atomic mass is 9.92. The minimum absolute atomic E-state index is 0.0770. The van der Waals surface area contributed by atoms with Gasteiger partial charge in [0.1, 0.15) is 0 Å². The van der Waals surface area contributed by atoms with E-state index in [4.69, 9.17) is 0 Å². The number of sulfone groups is 1. The monoisotopic (exact) mass is 365 g/mol. The van der Waals surface area contributed by atoms with Crippen molar-refractivity contribution < 1.29 is 16.8 Å². The molecule has 128 valence electrons. The van der Waals surface area contributed by atoms with Gasteiger partial charge in [-0.3, -0.25) is 4.72 Å². The summed E-state index contributed by atoms with van der Waals surface area (Å²) in [6, 6.07) is 11.0. The Morgan fingerprint density at radius 1 is 0.833 bits per heavy atom. The third-order valence-corrected chi connectivity index (χ3v) is 6.63. The van der Waals surface area contributed by atoms with Crippen LogP contribution in [0.15, 0.2) is 52.3 Å². The summed E-state index contributed by atoms with van der Waals surface area (Å²) < 4.78 is 50.8. The fourth-order valence-corrected chi connectivity index (χ4v) is 4.65. The Morgan fingerprint density at radius 3 is 2.25 bits per heavy atom. The Bertz CT molecular complexity index is 979. The van der Waals surface area contributed by atoms with Crippen molar-refractivity contribution in [2.45, 2.75) is 35.5 Å². The molecule has 24 heavy (non-hydrogen) atoms. The molecule has 3 rings (SSSR count). The fourth-order valence-electron chi connectivity index (χ4n) is 2.88. The zero-order chi connectivity index (χ0) is 17.4. The van der Waals surface area contributed by atoms with Gasteiger partial charge in [0.05, 0.1) is 15.5 Å². The number of sulfonamides is 1. The largest absolute Gasteiger partial charge is 0.280 e. The van der Waals surface area contributed by atoms with Gasteiger partial charge in [0.2, 0.25) is 0 Å². The summed E-state index contributed by atoms with van der Waals surface area (Å²) in [5.41, 5.74) is 2.52. The SMILES string of the molecule is CS(=O)(=O)c1cccc(NS(=O)(=O)c2ccc3c(c2)CCCC3)c1. The number of benzene rings is 2. The molecule has 2 aromatic carbocycles. The van der Waals surface area contributed by atoms with Crippen LogP contribution in [-0.4, -0.2) is 23.1 Å². The van der Waals surface area contributed by atoms with Crippen LogP contribution in [0, 0.1) is 0 Å². The van der Waals surface area contributed by atoms with Crippen molar-refractivity contribution in [1.29, 1.82) is 0 Å². The first kappa shape index (κ1) is 17.0. The van der Waals surface area contributed by atoms with Gasteiger partial charge >= 0.3 is 0 Å². The molecular formula is C17H19NO4S2. The van der Waals surface area contributed by atoms with E-state index in [0.717, 1.165) is 37.5 Å². The van der Waals surface area contributed by atoms with E-state index in [-0.39, 0.29) is 15.5 Å². The number of nitrogens with one attached hydrogen (secondary N) is 1. The fraction of sp³-hybridized carbons (Fsp3) is 0.294. The second-order valence-electron chi connectivity index (χ2n) is 6.04. The molecule has 0 spiro atoms. The molecule has 5 nitrogen and oxygen atoms in total. The average molecular weight is 365 g/mol. The highest BCUT2D eigenvalue weighted by Crippen LogP contribution is 2.25. The summed E-state index contributed by atoms with van der Waals surface area (Å²) >= 11 is 0. The van der Waals surface area contributed by atoms with Gasteiger partial charge in [-0.25, -0.2) is 16.8 Å². The first-order chi connectivity index (χ1) is 11.3. The highest BCUT2D eigenvalue weighted by molar-refractivity contribution is 7.92. The number of aryl methyl sites for hydroxylation is 2. The Hall–Kier alpha value is -1.86. The van der Waals surface area contributed by atoms with E-state index in [9.17, 15) is 16.8 Å². The predicted octanol–water partition coefficient (Wildman–Crippen LogP) is 2.77. The first-order valence-electron chi connectivity index (χ1n) is 7.70. The van der Waals surface area contributed by atoms with E-state index < -0.39 is 19.9 Å². The predicted molar refractivity (Wildman–Crippen MR) is 93.4 cm³/mol. The molecule has 0 aromatic heterocycles. The number of anilines is 1. The van der Waals surface area contributed by atoms with Crippen LogP contribution in [0.3, 0.4) is 0 Å². The average Bonchev–Trinajstić information content (AvgIpc) is 2.53. The Balaban J connectivity index is 1.92. The highest BCUT2D eigenvalue weighted by atomic mass is 32.2. The summed E-state index contributed by atoms with van der Waals surface area (Å²) in [7, 11) is -7.15. The van der Waals surface area contributed by atoms with Gasteiger partial charge in [-0.1, -0.05) is 12.1 Å². The maximum Gasteiger partial charge on any atom is 0.261 e. The number of rotatable bonds is 4. The van der Waals surface area contributed by atoms with E-state index in [2.05, 4.69) is 4.72 Å². The minimum Gasteiger partial charge on any atom is -0.280 e. The maximum atomic E-state index is 12.6. The summed E-state index contributed by atoms with van der Waals surface area (Å²) in [5, 5.41) is 0. The Morgan fingerprint density at radius 2 is 1.54 bits per heavy atom. The van der Waals surface area contributed by atoms with E-state index in [1.165, 1.54) is 29.8 Å². The van der Waals surface area contributed by atoms with Crippen LogP contribution in [0.2, 0.25) is 0 Å². The summed E-state index contributed by atoms with van der Waals surface area (Å²) in [6.07, 6.45) is 5.17. The van der Waals surface area contributed by atoms with Crippen molar-refractivity contribution in [1.82, 2.24) is 0 Å². The third kappa shape index (κ3) is 3.62. The van der Waals surface area contributed by atoms with Gasteiger partial charge in [-0.2, -0.15) is 0 Å². The Labute approximate surface area is 142 Å². The smallest absolute Gasteiger partial charge is 0.261 e. The van der Waals surface area contributed by atoms with Crippen LogP contribution in [0.1, 0.15) is 24.0 Å². The van der Waals surface area contributed by atoms with Gasteiger partial charge in [0.25, 0.3) is 10.0 Å². The third-order valence-electron chi connectivity index (χ3n) is 4.14. The zero-order valence-corrected chi connectivity index (χ0v) is 15.0. The standard InChI is InChI=1S/C17H19NO4S2/c1-23(19,20)16-8-4-7-15(12-16)18-24(21,22)17-10-9-13-5-2-3-6-14(13)11-17/h4,7-12,18H,2-3,5-6H2,1H3. The van der Waals surface area contributed by atoms with Crippen molar-refractivity contribution in [3.8, 4) is 0 Å². The molecule has 0 saturated heterocycles. The van der Waals surface area contributed by atoms with Crippen molar-refractivity contribution in [2.75, 3.05) is 11.0 Å². The Kier molecular flexibility index (Phi) is 4.40. The van der Waals surface area contributed by atoms with Gasteiger partial charge in [0, 0.05) is 6.26 Å². The van der Waals surface area contributed by atoms with Crippen molar-refractivity contribution >= 4 is 25.5 Å². The molecule has 0 unspecified atom stereocenters. The van der Waals surface area contributed by atoms with Gasteiger partial charge in [0.15, 0.2) is 9.84 Å². The van der Waals surface area contributed by atoms with Crippen LogP contribution >= 0.6 is 0 Å². The lowest BCUT2D eigenvalue weighted by Crippen LogP contribution is -2.14. The van der Waals surface area contributed by atoms with E-state index in [1.54, 1.807) is 12.1 Å². The normalized spacial score (nSPS) is 14.9. The van der Waals surface area contributed by atoms with E-state index in [1.807, 2.05) is 6.07 Å². The molecule has 0 saturated carbocycles. The topological polar surface area (TPSA) is 80.3 Å². The van der Waals surface area contributed by atoms with Crippen LogP contribution < -0.4 is 4.72 Å². The van der Waals surface area contributed by atoms with E-state index in [0.29, 0.717) is 0 Å². The molecule has 0 radical (unpaired) electrons. The molecule has 0 fully saturated rings. The lowest BCUT2D eigenvalue weighted by Gasteiger charge is -2.17. The molecular weight excluding hydrogens is 346 g/mol. The molecule has 1 N–H and O–H groups in total. The lowest BCUT2D eigenvalue weighted by molar-refractivity contribution is 0.598. The highest BCUT2D eigenvalue weighted by Gasteiger charge is 2.18.